The van der Waals surface area contributed by atoms with Gasteiger partial charge >= 0.3 is 0 Å². The molecule has 3 fully saturated rings. The van der Waals surface area contributed by atoms with Crippen molar-refractivity contribution in [3.8, 4) is 0 Å². The zero-order valence-corrected chi connectivity index (χ0v) is 23.9. The van der Waals surface area contributed by atoms with E-state index in [1.807, 2.05) is 0 Å². The van der Waals surface area contributed by atoms with Gasteiger partial charge in [0.15, 0.2) is 21.3 Å². The molecule has 9 nitrogen and oxygen atoms in total. The van der Waals surface area contributed by atoms with E-state index in [1.54, 1.807) is 12.1 Å². The molecule has 6 rings (SSSR count). The number of nitrogens with zero attached hydrogens (tertiary/aromatic N) is 3. The summed E-state index contributed by atoms with van der Waals surface area (Å²) >= 11 is 0. The lowest BCUT2D eigenvalue weighted by Gasteiger charge is -2.29. The van der Waals surface area contributed by atoms with Crippen molar-refractivity contribution in [3.05, 3.63) is 35.7 Å². The Morgan fingerprint density at radius 3 is 2.52 bits per heavy atom. The van der Waals surface area contributed by atoms with E-state index in [0.717, 1.165) is 31.9 Å². The third-order valence-corrected chi connectivity index (χ3v) is 9.03. The van der Waals surface area contributed by atoms with E-state index < -0.39 is 46.9 Å². The number of anilines is 3. The average Bonchev–Trinajstić information content (AvgIpc) is 3.70. The number of rotatable bonds is 9. The molecule has 2 unspecified atom stereocenters. The summed E-state index contributed by atoms with van der Waals surface area (Å²) in [5, 5.41) is 6.39. The standard InChI is InChI=1S/C28H33F4N5O4S/c1-42(38,39)21-12-17(20-9-10-28(31,32)15-41-20)7-8-18(21)34-19-13-22(33-14-16-5-6-16)35-26-24(19)36-27(25(29)30)37(26)23-4-2-3-11-40-23/h7-8,12-13,16,20,23,25H,2-6,9-11,14-15H2,1H3,(H2,33,34,35). The van der Waals surface area contributed by atoms with E-state index in [9.17, 15) is 26.0 Å². The molecule has 1 aliphatic carbocycles. The number of sulfone groups is 1. The Labute approximate surface area is 240 Å². The molecule has 2 atom stereocenters. The first-order chi connectivity index (χ1) is 20.0. The van der Waals surface area contributed by atoms with Gasteiger partial charge in [0.25, 0.3) is 12.3 Å². The van der Waals surface area contributed by atoms with E-state index >= 15 is 0 Å². The van der Waals surface area contributed by atoms with Gasteiger partial charge in [0.2, 0.25) is 0 Å². The van der Waals surface area contributed by atoms with Gasteiger partial charge in [0, 0.05) is 31.9 Å². The topological polar surface area (TPSA) is 107 Å². The summed E-state index contributed by atoms with van der Waals surface area (Å²) in [6.07, 6.45) is 0.862. The summed E-state index contributed by atoms with van der Waals surface area (Å²) in [6, 6.07) is 6.19. The van der Waals surface area contributed by atoms with Crippen LogP contribution in [0.5, 0.6) is 0 Å². The van der Waals surface area contributed by atoms with Crippen LogP contribution in [0.4, 0.5) is 34.8 Å². The lowest BCUT2D eigenvalue weighted by Crippen LogP contribution is -2.31. The van der Waals surface area contributed by atoms with Crippen LogP contribution in [0.3, 0.4) is 0 Å². The lowest BCUT2D eigenvalue weighted by molar-refractivity contribution is -0.145. The molecule has 0 amide bonds. The van der Waals surface area contributed by atoms with Crippen molar-refractivity contribution in [1.82, 2.24) is 14.5 Å². The smallest absolute Gasteiger partial charge is 0.295 e. The second-order valence-electron chi connectivity index (χ2n) is 11.4. The van der Waals surface area contributed by atoms with Gasteiger partial charge in [-0.3, -0.25) is 4.57 Å². The van der Waals surface area contributed by atoms with E-state index in [0.29, 0.717) is 42.6 Å². The minimum absolute atomic E-state index is 0.0427. The summed E-state index contributed by atoms with van der Waals surface area (Å²) in [5.41, 5.74) is 1.29. The fraction of sp³-hybridized carbons (Fsp3) is 0.571. The molecule has 2 N–H and O–H groups in total. The predicted octanol–water partition coefficient (Wildman–Crippen LogP) is 6.52. The van der Waals surface area contributed by atoms with Crippen molar-refractivity contribution < 1.29 is 35.5 Å². The van der Waals surface area contributed by atoms with Gasteiger partial charge in [-0.2, -0.15) is 0 Å². The van der Waals surface area contributed by atoms with Gasteiger partial charge < -0.3 is 20.1 Å². The Balaban J connectivity index is 1.42. The van der Waals surface area contributed by atoms with Gasteiger partial charge in [-0.25, -0.2) is 35.9 Å². The van der Waals surface area contributed by atoms with E-state index in [2.05, 4.69) is 20.6 Å². The van der Waals surface area contributed by atoms with Gasteiger partial charge in [-0.15, -0.1) is 0 Å². The van der Waals surface area contributed by atoms with Crippen molar-refractivity contribution in [2.24, 2.45) is 5.92 Å². The molecular weight excluding hydrogens is 578 g/mol. The van der Waals surface area contributed by atoms with Gasteiger partial charge in [0.1, 0.15) is 24.2 Å². The fourth-order valence-corrected chi connectivity index (χ4v) is 6.35. The Morgan fingerprint density at radius 1 is 1.07 bits per heavy atom. The Hall–Kier alpha value is -2.97. The van der Waals surface area contributed by atoms with Crippen molar-refractivity contribution in [3.63, 3.8) is 0 Å². The molecule has 0 radical (unpaired) electrons. The number of nitrogens with one attached hydrogen (secondary N) is 2. The number of fused-ring (bicyclic) bond motifs is 1. The molecule has 2 aliphatic heterocycles. The minimum Gasteiger partial charge on any atom is -0.370 e. The number of halogens is 4. The van der Waals surface area contributed by atoms with E-state index in [4.69, 9.17) is 9.47 Å². The lowest BCUT2D eigenvalue weighted by atomic mass is 9.99. The molecule has 0 bridgehead atoms. The maximum Gasteiger partial charge on any atom is 0.295 e. The number of imidazole rings is 1. The molecule has 1 aromatic carbocycles. The van der Waals surface area contributed by atoms with Crippen LogP contribution in [0.15, 0.2) is 29.2 Å². The van der Waals surface area contributed by atoms with Crippen LogP contribution in [-0.4, -0.2) is 54.9 Å². The number of pyridine rings is 1. The SMILES string of the molecule is CS(=O)(=O)c1cc(C2CCC(F)(F)CO2)ccc1Nc1cc(NCC2CC2)nc2c1nc(C(F)F)n2C1CCCCO1. The molecule has 42 heavy (non-hydrogen) atoms. The maximum absolute atomic E-state index is 14.3. The van der Waals surface area contributed by atoms with E-state index in [-0.39, 0.29) is 34.6 Å². The number of benzene rings is 1. The normalized spacial score (nSPS) is 22.9. The molecule has 14 heteroatoms. The Morgan fingerprint density at radius 2 is 1.88 bits per heavy atom. The Kier molecular flexibility index (Phi) is 7.81. The van der Waals surface area contributed by atoms with Crippen LogP contribution in [0.25, 0.3) is 11.2 Å². The molecule has 4 heterocycles. The highest BCUT2D eigenvalue weighted by Crippen LogP contribution is 2.40. The predicted molar refractivity (Wildman–Crippen MR) is 148 cm³/mol. The van der Waals surface area contributed by atoms with Crippen LogP contribution in [0.2, 0.25) is 0 Å². The number of hydrogen-bond acceptors (Lipinski definition) is 8. The first kappa shape index (κ1) is 29.1. The molecule has 228 valence electrons. The maximum atomic E-state index is 14.3. The van der Waals surface area contributed by atoms with Crippen molar-refractivity contribution in [2.75, 3.05) is 36.6 Å². The zero-order valence-electron chi connectivity index (χ0n) is 23.1. The number of alkyl halides is 4. The molecule has 0 spiro atoms. The molecule has 2 aromatic heterocycles. The minimum atomic E-state index is -3.81. The van der Waals surface area contributed by atoms with Crippen LogP contribution >= 0.6 is 0 Å². The van der Waals surface area contributed by atoms with Crippen LogP contribution in [0, 0.1) is 5.92 Å². The second kappa shape index (κ2) is 11.3. The number of ether oxygens (including phenoxy) is 2. The second-order valence-corrected chi connectivity index (χ2v) is 13.3. The largest absolute Gasteiger partial charge is 0.370 e. The average molecular weight is 612 g/mol. The molecule has 3 aromatic rings. The van der Waals surface area contributed by atoms with Crippen LogP contribution in [-0.2, 0) is 19.3 Å². The zero-order chi connectivity index (χ0) is 29.6. The molecule has 3 aliphatic rings. The van der Waals surface area contributed by atoms with Crippen molar-refractivity contribution in [2.45, 2.75) is 74.5 Å². The molecule has 2 saturated heterocycles. The highest BCUT2D eigenvalue weighted by molar-refractivity contribution is 7.90. The summed E-state index contributed by atoms with van der Waals surface area (Å²) in [7, 11) is -3.81. The van der Waals surface area contributed by atoms with Gasteiger partial charge in [-0.1, -0.05) is 6.07 Å². The third-order valence-electron chi connectivity index (χ3n) is 7.90. The molecular formula is C28H33F4N5O4S. The van der Waals surface area contributed by atoms with Crippen molar-refractivity contribution in [1.29, 1.82) is 0 Å². The fourth-order valence-electron chi connectivity index (χ4n) is 5.48. The number of aromatic nitrogens is 3. The van der Waals surface area contributed by atoms with Crippen molar-refractivity contribution >= 4 is 38.2 Å². The monoisotopic (exact) mass is 611 g/mol. The summed E-state index contributed by atoms with van der Waals surface area (Å²) in [6.45, 7) is 0.360. The van der Waals surface area contributed by atoms with Gasteiger partial charge in [-0.05, 0) is 62.1 Å². The summed E-state index contributed by atoms with van der Waals surface area (Å²) < 4.78 is 94.2. The number of hydrogen-bond donors (Lipinski definition) is 2. The first-order valence-corrected chi connectivity index (χ1v) is 16.0. The van der Waals surface area contributed by atoms with E-state index in [1.165, 1.54) is 16.7 Å². The highest BCUT2D eigenvalue weighted by atomic mass is 32.2. The van der Waals surface area contributed by atoms with Crippen LogP contribution in [0.1, 0.15) is 75.1 Å². The summed E-state index contributed by atoms with van der Waals surface area (Å²) in [4.78, 5) is 8.84. The Bertz CT molecular complexity index is 1560. The summed E-state index contributed by atoms with van der Waals surface area (Å²) in [5.74, 6) is -2.45. The van der Waals surface area contributed by atoms with Crippen LogP contribution < -0.4 is 10.6 Å². The third kappa shape index (κ3) is 6.20. The van der Waals surface area contributed by atoms with Gasteiger partial charge in [0.05, 0.1) is 22.4 Å². The first-order valence-electron chi connectivity index (χ1n) is 14.2. The highest BCUT2D eigenvalue weighted by Gasteiger charge is 2.37. The molecule has 1 saturated carbocycles. The quantitative estimate of drug-likeness (QED) is 0.263.